The number of hydrogen-bond donors (Lipinski definition) is 0. The third kappa shape index (κ3) is 4.25. The van der Waals surface area contributed by atoms with E-state index in [9.17, 15) is 22.4 Å². The van der Waals surface area contributed by atoms with Gasteiger partial charge in [0.15, 0.2) is 0 Å². The van der Waals surface area contributed by atoms with Gasteiger partial charge >= 0.3 is 6.18 Å². The molecule has 3 heterocycles. The molecule has 1 fully saturated rings. The monoisotopic (exact) mass is 556 g/mol. The van der Waals surface area contributed by atoms with Crippen LogP contribution in [0.2, 0.25) is 0 Å². The second-order valence-corrected chi connectivity index (χ2v) is 10.6. The number of fused-ring (bicyclic) bond motifs is 1. The van der Waals surface area contributed by atoms with Crippen LogP contribution in [0.25, 0.3) is 11.3 Å². The molecule has 3 unspecified atom stereocenters. The van der Waals surface area contributed by atoms with E-state index in [4.69, 9.17) is 4.74 Å². The summed E-state index contributed by atoms with van der Waals surface area (Å²) in [4.78, 5) is 18.5. The lowest BCUT2D eigenvalue weighted by Crippen LogP contribution is -2.43. The highest BCUT2D eigenvalue weighted by Crippen LogP contribution is 2.62. The summed E-state index contributed by atoms with van der Waals surface area (Å²) in [5, 5.41) is 8.54. The first-order valence-electron chi connectivity index (χ1n) is 13.0. The minimum atomic E-state index is -4.64. The van der Waals surface area contributed by atoms with E-state index >= 15 is 0 Å². The summed E-state index contributed by atoms with van der Waals surface area (Å²) in [5.41, 5.74) is 1.15. The van der Waals surface area contributed by atoms with Gasteiger partial charge in [-0.2, -0.15) is 13.2 Å². The predicted octanol–water partition coefficient (Wildman–Crippen LogP) is 5.13. The minimum Gasteiger partial charge on any atom is -0.495 e. The van der Waals surface area contributed by atoms with Crippen molar-refractivity contribution >= 4 is 17.3 Å². The number of anilines is 2. The zero-order valence-corrected chi connectivity index (χ0v) is 22.2. The van der Waals surface area contributed by atoms with E-state index in [0.717, 1.165) is 11.3 Å². The number of halogens is 4. The maximum Gasteiger partial charge on any atom is 0.406 e. The molecule has 0 N–H and O–H groups in total. The quantitative estimate of drug-likeness (QED) is 0.406. The van der Waals surface area contributed by atoms with Crippen LogP contribution in [0, 0.1) is 11.2 Å². The van der Waals surface area contributed by atoms with Crippen LogP contribution in [0.1, 0.15) is 31.4 Å². The summed E-state index contributed by atoms with van der Waals surface area (Å²) < 4.78 is 62.4. The molecule has 1 aliphatic carbocycles. The van der Waals surface area contributed by atoms with Gasteiger partial charge in [-0.15, -0.1) is 5.10 Å². The Morgan fingerprint density at radius 3 is 2.65 bits per heavy atom. The van der Waals surface area contributed by atoms with Crippen molar-refractivity contribution in [3.63, 3.8) is 0 Å². The normalized spacial score (nSPS) is 24.1. The number of hydrogen-bond acceptors (Lipinski definition) is 6. The number of alkyl halides is 3. The first kappa shape index (κ1) is 26.1. The van der Waals surface area contributed by atoms with E-state index in [-0.39, 0.29) is 30.3 Å². The largest absolute Gasteiger partial charge is 0.495 e. The van der Waals surface area contributed by atoms with Gasteiger partial charge in [0.05, 0.1) is 36.1 Å². The smallest absolute Gasteiger partial charge is 0.406 e. The zero-order valence-electron chi connectivity index (χ0n) is 22.2. The van der Waals surface area contributed by atoms with Crippen LogP contribution in [0.5, 0.6) is 5.75 Å². The van der Waals surface area contributed by atoms with Crippen molar-refractivity contribution in [2.45, 2.75) is 44.6 Å². The average Bonchev–Trinajstić information content (AvgIpc) is 3.31. The fraction of sp³-hybridized carbons (Fsp3) is 0.393. The Kier molecular flexibility index (Phi) is 6.04. The fourth-order valence-electron chi connectivity index (χ4n) is 5.86. The molecule has 2 aliphatic heterocycles. The molecular weight excluding hydrogens is 528 g/mol. The third-order valence-electron chi connectivity index (χ3n) is 8.29. The SMILES string of the molecule is COc1cc(-c2cn(C3CC34CCc3c(F)cccc3N(CC(F)(F)F)C4=O)nn2)ccc1N1C=CN(C)C1C. The van der Waals surface area contributed by atoms with Gasteiger partial charge in [-0.3, -0.25) is 4.79 Å². The lowest BCUT2D eigenvalue weighted by molar-refractivity contribution is -0.136. The second-order valence-electron chi connectivity index (χ2n) is 10.6. The molecule has 1 aromatic heterocycles. The molecule has 12 heteroatoms. The number of aromatic nitrogens is 3. The number of benzene rings is 2. The lowest BCUT2D eigenvalue weighted by atomic mass is 9.96. The van der Waals surface area contributed by atoms with Gasteiger partial charge in [-0.05, 0) is 50.5 Å². The molecule has 0 radical (unpaired) electrons. The summed E-state index contributed by atoms with van der Waals surface area (Å²) in [6, 6.07) is 9.11. The fourth-order valence-corrected chi connectivity index (χ4v) is 5.86. The van der Waals surface area contributed by atoms with Crippen LogP contribution in [0.3, 0.4) is 0 Å². The number of carbonyl (C=O) groups is 1. The van der Waals surface area contributed by atoms with Crippen LogP contribution >= 0.6 is 0 Å². The topological polar surface area (TPSA) is 66.7 Å². The molecule has 6 rings (SSSR count). The van der Waals surface area contributed by atoms with Crippen molar-refractivity contribution in [1.82, 2.24) is 19.9 Å². The van der Waals surface area contributed by atoms with Crippen LogP contribution < -0.4 is 14.5 Å². The summed E-state index contributed by atoms with van der Waals surface area (Å²) in [7, 11) is 3.58. The summed E-state index contributed by atoms with van der Waals surface area (Å²) >= 11 is 0. The van der Waals surface area contributed by atoms with Crippen molar-refractivity contribution in [3.05, 3.63) is 66.4 Å². The second kappa shape index (κ2) is 9.24. The molecule has 1 saturated carbocycles. The van der Waals surface area contributed by atoms with Gasteiger partial charge in [0.25, 0.3) is 0 Å². The Labute approximate surface area is 228 Å². The lowest BCUT2D eigenvalue weighted by Gasteiger charge is -2.28. The van der Waals surface area contributed by atoms with Crippen molar-refractivity contribution in [2.75, 3.05) is 30.5 Å². The summed E-state index contributed by atoms with van der Waals surface area (Å²) in [6.45, 7) is 0.591. The van der Waals surface area contributed by atoms with Crippen molar-refractivity contribution in [2.24, 2.45) is 5.41 Å². The molecule has 8 nitrogen and oxygen atoms in total. The zero-order chi connectivity index (χ0) is 28.4. The highest BCUT2D eigenvalue weighted by Gasteiger charge is 2.64. The molecule has 3 aliphatic rings. The van der Waals surface area contributed by atoms with Gasteiger partial charge in [0, 0.05) is 30.6 Å². The van der Waals surface area contributed by atoms with Gasteiger partial charge < -0.3 is 19.4 Å². The summed E-state index contributed by atoms with van der Waals surface area (Å²) in [6.07, 6.45) is 1.78. The van der Waals surface area contributed by atoms with Gasteiger partial charge in [-0.1, -0.05) is 17.3 Å². The Morgan fingerprint density at radius 2 is 1.95 bits per heavy atom. The average molecular weight is 557 g/mol. The number of ether oxygens (including phenoxy) is 1. The highest BCUT2D eigenvalue weighted by molar-refractivity contribution is 6.01. The predicted molar refractivity (Wildman–Crippen MR) is 140 cm³/mol. The Balaban J connectivity index is 1.28. The minimum absolute atomic E-state index is 0.0235. The molecule has 1 spiro atoms. The third-order valence-corrected chi connectivity index (χ3v) is 8.29. The van der Waals surface area contributed by atoms with Crippen LogP contribution in [0.4, 0.5) is 28.9 Å². The number of methoxy groups -OCH3 is 1. The first-order valence-corrected chi connectivity index (χ1v) is 13.0. The molecular formula is C28H28F4N6O2. The molecule has 1 amide bonds. The Hall–Kier alpha value is -4.09. The molecule has 3 atom stereocenters. The number of carbonyl (C=O) groups excluding carboxylic acids is 1. The number of nitrogens with zero attached hydrogens (tertiary/aromatic N) is 6. The van der Waals surface area contributed by atoms with Gasteiger partial charge in [0.1, 0.15) is 30.0 Å². The molecule has 210 valence electrons. The van der Waals surface area contributed by atoms with E-state index in [1.54, 1.807) is 18.0 Å². The van der Waals surface area contributed by atoms with Crippen LogP contribution in [-0.2, 0) is 11.2 Å². The molecule has 3 aromatic rings. The van der Waals surface area contributed by atoms with Crippen molar-refractivity contribution in [3.8, 4) is 17.0 Å². The van der Waals surface area contributed by atoms with Gasteiger partial charge in [-0.25, -0.2) is 9.07 Å². The maximum atomic E-state index is 14.6. The standard InChI is InChI=1S/C28H28F4N6O2/c1-17-35(2)11-12-36(17)23-8-7-18(13-24(23)40-3)21-15-38(34-33-21)25-14-27(25)10-9-19-20(29)5-4-6-22(19)37(26(27)39)16-28(30,31)32/h4-8,11-13,15,17,25H,9-10,14,16H2,1-3H3. The van der Waals surface area contributed by atoms with Crippen LogP contribution in [-0.4, -0.2) is 58.8 Å². The number of rotatable bonds is 5. The van der Waals surface area contributed by atoms with Crippen LogP contribution in [0.15, 0.2) is 55.0 Å². The maximum absolute atomic E-state index is 14.6. The highest BCUT2D eigenvalue weighted by atomic mass is 19.4. The Bertz CT molecular complexity index is 1500. The van der Waals surface area contributed by atoms with Gasteiger partial charge in [0.2, 0.25) is 5.91 Å². The van der Waals surface area contributed by atoms with Crippen molar-refractivity contribution < 1.29 is 27.1 Å². The van der Waals surface area contributed by atoms with E-state index in [0.29, 0.717) is 22.8 Å². The molecule has 40 heavy (non-hydrogen) atoms. The van der Waals surface area contributed by atoms with Crippen molar-refractivity contribution in [1.29, 1.82) is 0 Å². The van der Waals surface area contributed by atoms with E-state index in [1.165, 1.54) is 18.2 Å². The van der Waals surface area contributed by atoms with E-state index in [1.807, 2.05) is 37.6 Å². The molecule has 2 aromatic carbocycles. The Morgan fingerprint density at radius 1 is 1.15 bits per heavy atom. The molecule has 0 bridgehead atoms. The first-order chi connectivity index (χ1) is 19.0. The van der Waals surface area contributed by atoms with E-state index < -0.39 is 35.9 Å². The number of amides is 1. The summed E-state index contributed by atoms with van der Waals surface area (Å²) in [5.74, 6) is -0.638. The molecule has 0 saturated heterocycles. The van der Waals surface area contributed by atoms with E-state index in [2.05, 4.69) is 27.0 Å².